The zero-order chi connectivity index (χ0) is 20.3. The van der Waals surface area contributed by atoms with Crippen LogP contribution < -0.4 is 9.88 Å². The number of nitrogens with two attached hydrogens (primary N) is 1. The molecule has 3 aromatic carbocycles. The fraction of sp³-hybridized carbons (Fsp3) is 0.0455. The molecular weight excluding hydrogens is 386 g/mol. The molecule has 0 radical (unpaired) electrons. The molecule has 146 valence electrons. The third-order valence-electron chi connectivity index (χ3n) is 4.40. The molecule has 0 aliphatic carbocycles. The lowest BCUT2D eigenvalue weighted by Crippen LogP contribution is -2.12. The van der Waals surface area contributed by atoms with Crippen molar-refractivity contribution in [1.29, 1.82) is 0 Å². The van der Waals surface area contributed by atoms with Gasteiger partial charge in [0.15, 0.2) is 0 Å². The lowest BCUT2D eigenvalue weighted by Gasteiger charge is -2.08. The Kier molecular flexibility index (Phi) is 5.16. The highest BCUT2D eigenvalue weighted by molar-refractivity contribution is 7.89. The first-order valence-corrected chi connectivity index (χ1v) is 10.5. The summed E-state index contributed by atoms with van der Waals surface area (Å²) in [5, 5.41) is 9.77. The molecule has 0 aliphatic heterocycles. The first-order valence-electron chi connectivity index (χ1n) is 8.96. The molecule has 0 bridgehead atoms. The van der Waals surface area contributed by atoms with Crippen LogP contribution >= 0.6 is 0 Å². The standard InChI is InChI=1S/C22H19N3O3S/c23-29(26,27)20-13-11-19(12-14-20)25-21(18-9-5-2-6-10-18)15-22(24-25)28-16-17-7-3-1-4-8-17/h1-15H,16H2,(H2,23,26,27). The van der Waals surface area contributed by atoms with Crippen molar-refractivity contribution in [2.75, 3.05) is 0 Å². The second kappa shape index (κ2) is 7.90. The molecule has 7 heteroatoms. The van der Waals surface area contributed by atoms with E-state index in [0.717, 1.165) is 16.8 Å². The molecule has 2 N–H and O–H groups in total. The van der Waals surface area contributed by atoms with Crippen LogP contribution in [0.1, 0.15) is 5.56 Å². The highest BCUT2D eigenvalue weighted by atomic mass is 32.2. The van der Waals surface area contributed by atoms with Crippen molar-refractivity contribution >= 4 is 10.0 Å². The van der Waals surface area contributed by atoms with Crippen molar-refractivity contribution in [1.82, 2.24) is 9.78 Å². The second-order valence-corrected chi connectivity index (χ2v) is 8.02. The minimum absolute atomic E-state index is 0.0511. The summed E-state index contributed by atoms with van der Waals surface area (Å²) in [6.45, 7) is 0.399. The molecule has 0 spiro atoms. The zero-order valence-electron chi connectivity index (χ0n) is 15.5. The molecule has 29 heavy (non-hydrogen) atoms. The topological polar surface area (TPSA) is 87.2 Å². The number of ether oxygens (including phenoxy) is 1. The van der Waals surface area contributed by atoms with E-state index in [1.54, 1.807) is 16.8 Å². The van der Waals surface area contributed by atoms with E-state index in [-0.39, 0.29) is 4.90 Å². The number of hydrogen-bond acceptors (Lipinski definition) is 4. The van der Waals surface area contributed by atoms with E-state index in [9.17, 15) is 8.42 Å². The molecular formula is C22H19N3O3S. The number of nitrogens with zero attached hydrogens (tertiary/aromatic N) is 2. The first-order chi connectivity index (χ1) is 14.0. The fourth-order valence-corrected chi connectivity index (χ4v) is 3.47. The highest BCUT2D eigenvalue weighted by Crippen LogP contribution is 2.27. The number of hydrogen-bond donors (Lipinski definition) is 1. The van der Waals surface area contributed by atoms with Crippen LogP contribution in [0.3, 0.4) is 0 Å². The summed E-state index contributed by atoms with van der Waals surface area (Å²) in [6.07, 6.45) is 0. The fourth-order valence-electron chi connectivity index (χ4n) is 2.95. The Morgan fingerprint density at radius 1 is 0.862 bits per heavy atom. The smallest absolute Gasteiger partial charge is 0.238 e. The Morgan fingerprint density at radius 3 is 2.10 bits per heavy atom. The second-order valence-electron chi connectivity index (χ2n) is 6.46. The van der Waals surface area contributed by atoms with E-state index in [0.29, 0.717) is 18.2 Å². The summed E-state index contributed by atoms with van der Waals surface area (Å²) < 4.78 is 30.7. The molecule has 0 amide bonds. The normalized spacial score (nSPS) is 11.3. The van der Waals surface area contributed by atoms with Crippen LogP contribution in [-0.2, 0) is 16.6 Å². The number of primary sulfonamides is 1. The minimum atomic E-state index is -3.75. The van der Waals surface area contributed by atoms with Crippen molar-refractivity contribution in [3.8, 4) is 22.8 Å². The Hall–Kier alpha value is -3.42. The van der Waals surface area contributed by atoms with Crippen LogP contribution in [0.4, 0.5) is 0 Å². The molecule has 0 aliphatic rings. The third-order valence-corrected chi connectivity index (χ3v) is 5.33. The summed E-state index contributed by atoms with van der Waals surface area (Å²) in [6, 6.07) is 27.8. The number of sulfonamides is 1. The van der Waals surface area contributed by atoms with E-state index in [1.165, 1.54) is 12.1 Å². The molecule has 4 aromatic rings. The van der Waals surface area contributed by atoms with Gasteiger partial charge in [0.25, 0.3) is 0 Å². The molecule has 0 saturated carbocycles. The van der Waals surface area contributed by atoms with Crippen LogP contribution in [0.15, 0.2) is 95.9 Å². The first kappa shape index (κ1) is 18.9. The largest absolute Gasteiger partial charge is 0.472 e. The van der Waals surface area contributed by atoms with Crippen molar-refractivity contribution in [3.05, 3.63) is 96.6 Å². The van der Waals surface area contributed by atoms with E-state index >= 15 is 0 Å². The van der Waals surface area contributed by atoms with Crippen LogP contribution in [-0.4, -0.2) is 18.2 Å². The van der Waals surface area contributed by atoms with Gasteiger partial charge < -0.3 is 4.74 Å². The van der Waals surface area contributed by atoms with E-state index < -0.39 is 10.0 Å². The van der Waals surface area contributed by atoms with Crippen LogP contribution in [0.2, 0.25) is 0 Å². The maximum atomic E-state index is 11.5. The van der Waals surface area contributed by atoms with Gasteiger partial charge in [0.2, 0.25) is 15.9 Å². The maximum Gasteiger partial charge on any atom is 0.238 e. The minimum Gasteiger partial charge on any atom is -0.472 e. The van der Waals surface area contributed by atoms with E-state index in [2.05, 4.69) is 5.10 Å². The molecule has 1 heterocycles. The number of rotatable bonds is 6. The third kappa shape index (κ3) is 4.37. The predicted molar refractivity (Wildman–Crippen MR) is 111 cm³/mol. The summed E-state index contributed by atoms with van der Waals surface area (Å²) in [4.78, 5) is 0.0511. The van der Waals surface area contributed by atoms with Gasteiger partial charge >= 0.3 is 0 Å². The predicted octanol–water partition coefficient (Wildman–Crippen LogP) is 3.77. The Balaban J connectivity index is 1.70. The molecule has 0 saturated heterocycles. The van der Waals surface area contributed by atoms with Crippen molar-refractivity contribution in [3.63, 3.8) is 0 Å². The average molecular weight is 405 g/mol. The average Bonchev–Trinajstić information content (AvgIpc) is 3.17. The van der Waals surface area contributed by atoms with E-state index in [1.807, 2.05) is 66.7 Å². The van der Waals surface area contributed by atoms with Gasteiger partial charge in [-0.25, -0.2) is 18.2 Å². The van der Waals surface area contributed by atoms with Gasteiger partial charge in [-0.3, -0.25) is 0 Å². The summed E-state index contributed by atoms with van der Waals surface area (Å²) in [5.41, 5.74) is 3.54. The van der Waals surface area contributed by atoms with Gasteiger partial charge in [0.05, 0.1) is 16.3 Å². The molecule has 1 aromatic heterocycles. The monoisotopic (exact) mass is 405 g/mol. The van der Waals surface area contributed by atoms with Crippen molar-refractivity contribution < 1.29 is 13.2 Å². The number of aromatic nitrogens is 2. The molecule has 0 unspecified atom stereocenters. The van der Waals surface area contributed by atoms with Gasteiger partial charge in [0, 0.05) is 11.6 Å². The Labute approximate surface area is 169 Å². The summed E-state index contributed by atoms with van der Waals surface area (Å²) >= 11 is 0. The molecule has 0 atom stereocenters. The van der Waals surface area contributed by atoms with Crippen molar-refractivity contribution in [2.45, 2.75) is 11.5 Å². The summed E-state index contributed by atoms with van der Waals surface area (Å²) in [7, 11) is -3.75. The Bertz CT molecular complexity index is 1200. The lowest BCUT2D eigenvalue weighted by atomic mass is 10.1. The molecule has 0 fully saturated rings. The zero-order valence-corrected chi connectivity index (χ0v) is 16.3. The molecule has 4 rings (SSSR count). The highest BCUT2D eigenvalue weighted by Gasteiger charge is 2.14. The van der Waals surface area contributed by atoms with Gasteiger partial charge in [-0.2, -0.15) is 0 Å². The molecule has 6 nitrogen and oxygen atoms in total. The lowest BCUT2D eigenvalue weighted by molar-refractivity contribution is 0.292. The SMILES string of the molecule is NS(=O)(=O)c1ccc(-n2nc(OCc3ccccc3)cc2-c2ccccc2)cc1. The van der Waals surface area contributed by atoms with Crippen LogP contribution in [0.5, 0.6) is 5.88 Å². The Morgan fingerprint density at radius 2 is 1.48 bits per heavy atom. The van der Waals surface area contributed by atoms with Gasteiger partial charge in [0.1, 0.15) is 6.61 Å². The van der Waals surface area contributed by atoms with Gasteiger partial charge in [-0.05, 0) is 29.8 Å². The maximum absolute atomic E-state index is 11.5. The van der Waals surface area contributed by atoms with Gasteiger partial charge in [-0.1, -0.05) is 60.7 Å². The van der Waals surface area contributed by atoms with Crippen LogP contribution in [0.25, 0.3) is 16.9 Å². The van der Waals surface area contributed by atoms with Crippen LogP contribution in [0, 0.1) is 0 Å². The summed E-state index contributed by atoms with van der Waals surface area (Å²) in [5.74, 6) is 0.475. The van der Waals surface area contributed by atoms with E-state index in [4.69, 9.17) is 9.88 Å². The van der Waals surface area contributed by atoms with Crippen molar-refractivity contribution in [2.24, 2.45) is 5.14 Å². The van der Waals surface area contributed by atoms with Gasteiger partial charge in [-0.15, -0.1) is 5.10 Å². The number of benzene rings is 3. The quantitative estimate of drug-likeness (QED) is 0.529.